The number of carbonyl (C=O) groups excluding carboxylic acids is 1. The fourth-order valence-corrected chi connectivity index (χ4v) is 3.21. The second-order valence-corrected chi connectivity index (χ2v) is 6.88. The Kier molecular flexibility index (Phi) is 5.99. The van der Waals surface area contributed by atoms with Crippen molar-refractivity contribution in [3.63, 3.8) is 0 Å². The molecule has 0 heterocycles. The molecule has 0 aliphatic carbocycles. The minimum Gasteiger partial charge on any atom is -0.504 e. The SMILES string of the molecule is N[C@@H](Cc1cccc2ccccc12)C(=O)N[C@@H](Cc1ccc(O)c(O)c1)C(=O)O. The van der Waals surface area contributed by atoms with Gasteiger partial charge in [0.25, 0.3) is 0 Å². The normalized spacial score (nSPS) is 13.0. The predicted octanol–water partition coefficient (Wildman–Crippen LogP) is 1.93. The van der Waals surface area contributed by atoms with Gasteiger partial charge in [-0.1, -0.05) is 48.5 Å². The Hall–Kier alpha value is -3.58. The van der Waals surface area contributed by atoms with Crippen LogP contribution in [-0.2, 0) is 22.4 Å². The van der Waals surface area contributed by atoms with Crippen LogP contribution in [0.2, 0.25) is 0 Å². The van der Waals surface area contributed by atoms with Crippen LogP contribution >= 0.6 is 0 Å². The Morgan fingerprint density at radius 3 is 2.38 bits per heavy atom. The zero-order chi connectivity index (χ0) is 21.0. The van der Waals surface area contributed by atoms with Crippen LogP contribution in [0.5, 0.6) is 11.5 Å². The summed E-state index contributed by atoms with van der Waals surface area (Å²) in [6.45, 7) is 0. The number of hydrogen-bond donors (Lipinski definition) is 5. The third-order valence-corrected chi connectivity index (χ3v) is 4.75. The van der Waals surface area contributed by atoms with E-state index < -0.39 is 24.0 Å². The van der Waals surface area contributed by atoms with Crippen molar-refractivity contribution in [1.82, 2.24) is 5.32 Å². The molecule has 3 rings (SSSR count). The second-order valence-electron chi connectivity index (χ2n) is 6.88. The molecule has 150 valence electrons. The maximum atomic E-state index is 12.5. The molecular weight excluding hydrogens is 372 g/mol. The topological polar surface area (TPSA) is 133 Å². The summed E-state index contributed by atoms with van der Waals surface area (Å²) in [6.07, 6.45) is 0.204. The lowest BCUT2D eigenvalue weighted by Gasteiger charge is -2.19. The van der Waals surface area contributed by atoms with Gasteiger partial charge >= 0.3 is 5.97 Å². The number of rotatable bonds is 7. The van der Waals surface area contributed by atoms with Gasteiger partial charge in [0.1, 0.15) is 6.04 Å². The lowest BCUT2D eigenvalue weighted by molar-refractivity contribution is -0.141. The molecule has 2 atom stereocenters. The van der Waals surface area contributed by atoms with Crippen molar-refractivity contribution in [1.29, 1.82) is 0 Å². The van der Waals surface area contributed by atoms with E-state index in [4.69, 9.17) is 5.73 Å². The number of hydrogen-bond acceptors (Lipinski definition) is 5. The molecule has 0 saturated heterocycles. The van der Waals surface area contributed by atoms with E-state index in [-0.39, 0.29) is 24.3 Å². The summed E-state index contributed by atoms with van der Waals surface area (Å²) >= 11 is 0. The van der Waals surface area contributed by atoms with Gasteiger partial charge in [-0.05, 0) is 40.5 Å². The first-order valence-electron chi connectivity index (χ1n) is 9.11. The fourth-order valence-electron chi connectivity index (χ4n) is 3.21. The Morgan fingerprint density at radius 2 is 1.66 bits per heavy atom. The van der Waals surface area contributed by atoms with Crippen molar-refractivity contribution in [3.8, 4) is 11.5 Å². The number of aliphatic carboxylic acids is 1. The van der Waals surface area contributed by atoms with Crippen molar-refractivity contribution < 1.29 is 24.9 Å². The highest BCUT2D eigenvalue weighted by Crippen LogP contribution is 2.25. The van der Waals surface area contributed by atoms with Crippen LogP contribution in [0.15, 0.2) is 60.7 Å². The Balaban J connectivity index is 1.70. The van der Waals surface area contributed by atoms with Crippen molar-refractivity contribution in [2.45, 2.75) is 24.9 Å². The number of aromatic hydroxyl groups is 2. The molecule has 29 heavy (non-hydrogen) atoms. The first kappa shape index (κ1) is 20.2. The van der Waals surface area contributed by atoms with Crippen molar-refractivity contribution >= 4 is 22.6 Å². The van der Waals surface area contributed by atoms with Gasteiger partial charge in [0, 0.05) is 6.42 Å². The highest BCUT2D eigenvalue weighted by atomic mass is 16.4. The van der Waals surface area contributed by atoms with E-state index in [9.17, 15) is 24.9 Å². The number of phenolic OH excluding ortho intramolecular Hbond substituents is 2. The summed E-state index contributed by atoms with van der Waals surface area (Å²) in [5, 5.41) is 32.9. The summed E-state index contributed by atoms with van der Waals surface area (Å²) in [5.41, 5.74) is 7.41. The molecule has 0 saturated carbocycles. The van der Waals surface area contributed by atoms with Crippen LogP contribution in [-0.4, -0.2) is 39.3 Å². The molecule has 0 fully saturated rings. The Bertz CT molecular complexity index is 1050. The molecule has 0 radical (unpaired) electrons. The third-order valence-electron chi connectivity index (χ3n) is 4.75. The molecule has 6 N–H and O–H groups in total. The first-order valence-corrected chi connectivity index (χ1v) is 9.11. The van der Waals surface area contributed by atoms with Gasteiger partial charge in [0.2, 0.25) is 5.91 Å². The number of carboxylic acid groups (broad SMARTS) is 1. The molecular formula is C22H22N2O5. The van der Waals surface area contributed by atoms with Gasteiger partial charge < -0.3 is 26.4 Å². The maximum absolute atomic E-state index is 12.5. The molecule has 0 aliphatic rings. The molecule has 0 spiro atoms. The van der Waals surface area contributed by atoms with Crippen LogP contribution in [0, 0.1) is 0 Å². The molecule has 0 unspecified atom stereocenters. The number of nitrogens with one attached hydrogen (secondary N) is 1. The van der Waals surface area contributed by atoms with Crippen molar-refractivity contribution in [2.24, 2.45) is 5.73 Å². The summed E-state index contributed by atoms with van der Waals surface area (Å²) in [4.78, 5) is 24.1. The van der Waals surface area contributed by atoms with E-state index in [1.54, 1.807) is 0 Å². The zero-order valence-corrected chi connectivity index (χ0v) is 15.6. The molecule has 7 heteroatoms. The summed E-state index contributed by atoms with van der Waals surface area (Å²) in [5.74, 6) is -2.45. The highest BCUT2D eigenvalue weighted by molar-refractivity contribution is 5.89. The Morgan fingerprint density at radius 1 is 0.931 bits per heavy atom. The average Bonchev–Trinajstić information content (AvgIpc) is 2.70. The number of carbonyl (C=O) groups is 2. The zero-order valence-electron chi connectivity index (χ0n) is 15.6. The third kappa shape index (κ3) is 4.83. The molecule has 3 aromatic carbocycles. The first-order chi connectivity index (χ1) is 13.8. The van der Waals surface area contributed by atoms with Gasteiger partial charge in [-0.2, -0.15) is 0 Å². The van der Waals surface area contributed by atoms with E-state index in [1.165, 1.54) is 18.2 Å². The standard InChI is InChI=1S/C22H22N2O5/c23-17(12-15-6-3-5-14-4-1-2-7-16(14)15)21(27)24-18(22(28)29)10-13-8-9-19(25)20(26)11-13/h1-9,11,17-18,25-26H,10,12,23H2,(H,24,27)(H,28,29)/t17-,18-/m0/s1. The van der Waals surface area contributed by atoms with Crippen LogP contribution < -0.4 is 11.1 Å². The van der Waals surface area contributed by atoms with Crippen LogP contribution in [0.1, 0.15) is 11.1 Å². The lowest BCUT2D eigenvalue weighted by Crippen LogP contribution is -2.50. The van der Waals surface area contributed by atoms with Crippen molar-refractivity contribution in [2.75, 3.05) is 0 Å². The number of amides is 1. The lowest BCUT2D eigenvalue weighted by atomic mass is 9.98. The minimum absolute atomic E-state index is 0.0596. The maximum Gasteiger partial charge on any atom is 0.326 e. The smallest absolute Gasteiger partial charge is 0.326 e. The average molecular weight is 394 g/mol. The van der Waals surface area contributed by atoms with E-state index in [0.29, 0.717) is 5.56 Å². The summed E-state index contributed by atoms with van der Waals surface area (Å²) < 4.78 is 0. The highest BCUT2D eigenvalue weighted by Gasteiger charge is 2.24. The largest absolute Gasteiger partial charge is 0.504 e. The molecule has 0 bridgehead atoms. The van der Waals surface area contributed by atoms with Crippen LogP contribution in [0.25, 0.3) is 10.8 Å². The van der Waals surface area contributed by atoms with Gasteiger partial charge in [-0.3, -0.25) is 4.79 Å². The minimum atomic E-state index is -1.22. The number of nitrogens with two attached hydrogens (primary N) is 1. The summed E-state index contributed by atoms with van der Waals surface area (Å²) in [6, 6.07) is 15.4. The summed E-state index contributed by atoms with van der Waals surface area (Å²) in [7, 11) is 0. The van der Waals surface area contributed by atoms with E-state index >= 15 is 0 Å². The van der Waals surface area contributed by atoms with Gasteiger partial charge in [-0.15, -0.1) is 0 Å². The molecule has 7 nitrogen and oxygen atoms in total. The van der Waals surface area contributed by atoms with Crippen molar-refractivity contribution in [3.05, 3.63) is 71.8 Å². The second kappa shape index (κ2) is 8.62. The van der Waals surface area contributed by atoms with E-state index in [1.807, 2.05) is 42.5 Å². The van der Waals surface area contributed by atoms with Gasteiger partial charge in [0.15, 0.2) is 11.5 Å². The van der Waals surface area contributed by atoms with Gasteiger partial charge in [-0.25, -0.2) is 4.79 Å². The predicted molar refractivity (Wildman–Crippen MR) is 109 cm³/mol. The number of phenols is 2. The monoisotopic (exact) mass is 394 g/mol. The molecule has 0 aliphatic heterocycles. The number of fused-ring (bicyclic) bond motifs is 1. The molecule has 3 aromatic rings. The van der Waals surface area contributed by atoms with Crippen LogP contribution in [0.3, 0.4) is 0 Å². The molecule has 0 aromatic heterocycles. The quantitative estimate of drug-likeness (QED) is 0.389. The van der Waals surface area contributed by atoms with Crippen LogP contribution in [0.4, 0.5) is 0 Å². The van der Waals surface area contributed by atoms with E-state index in [0.717, 1.165) is 16.3 Å². The fraction of sp³-hybridized carbons (Fsp3) is 0.182. The molecule has 1 amide bonds. The van der Waals surface area contributed by atoms with E-state index in [2.05, 4.69) is 5.32 Å². The van der Waals surface area contributed by atoms with Gasteiger partial charge in [0.05, 0.1) is 6.04 Å². The Labute approximate surface area is 167 Å². The number of benzene rings is 3. The number of carboxylic acids is 1.